The van der Waals surface area contributed by atoms with Crippen LogP contribution in [0, 0.1) is 5.41 Å². The molecule has 0 saturated heterocycles. The minimum atomic E-state index is -0.350. The fourth-order valence-electron chi connectivity index (χ4n) is 2.30. The second kappa shape index (κ2) is 4.63. The van der Waals surface area contributed by atoms with Gasteiger partial charge in [-0.1, -0.05) is 26.8 Å². The van der Waals surface area contributed by atoms with Crippen molar-refractivity contribution in [2.75, 3.05) is 18.6 Å². The van der Waals surface area contributed by atoms with Gasteiger partial charge in [-0.15, -0.1) is 0 Å². The molecule has 0 saturated carbocycles. The molecule has 0 radical (unpaired) electrons. The number of carbonyl (C=O) groups excluding carboxylic acids is 1. The maximum atomic E-state index is 12.5. The molecule has 1 heterocycles. The summed E-state index contributed by atoms with van der Waals surface area (Å²) in [6.45, 7) is 6.69. The van der Waals surface area contributed by atoms with Gasteiger partial charge in [0, 0.05) is 18.0 Å². The molecule has 1 amide bonds. The largest absolute Gasteiger partial charge is 0.497 e. The van der Waals surface area contributed by atoms with Crippen LogP contribution in [0.2, 0.25) is 0 Å². The number of hydrogen-bond acceptors (Lipinski definition) is 2. The number of ether oxygens (including phenoxy) is 1. The highest BCUT2D eigenvalue weighted by Gasteiger charge is 2.31. The molecule has 18 heavy (non-hydrogen) atoms. The number of carbonyl (C=O) groups is 1. The summed E-state index contributed by atoms with van der Waals surface area (Å²) in [5, 5.41) is 0. The molecule has 1 aromatic rings. The van der Waals surface area contributed by atoms with E-state index in [2.05, 4.69) is 6.07 Å². The number of amides is 1. The Bertz CT molecular complexity index is 460. The summed E-state index contributed by atoms with van der Waals surface area (Å²) < 4.78 is 5.26. The third kappa shape index (κ3) is 2.35. The second-order valence-electron chi connectivity index (χ2n) is 5.80. The van der Waals surface area contributed by atoms with E-state index in [0.717, 1.165) is 30.8 Å². The van der Waals surface area contributed by atoms with E-state index in [-0.39, 0.29) is 11.3 Å². The van der Waals surface area contributed by atoms with Crippen LogP contribution < -0.4 is 9.64 Å². The molecule has 0 unspecified atom stereocenters. The average molecular weight is 247 g/mol. The Morgan fingerprint density at radius 2 is 2.06 bits per heavy atom. The number of aryl methyl sites for hydroxylation is 1. The number of benzene rings is 1. The van der Waals surface area contributed by atoms with Crippen LogP contribution in [0.4, 0.5) is 5.69 Å². The van der Waals surface area contributed by atoms with Crippen molar-refractivity contribution in [1.82, 2.24) is 0 Å². The monoisotopic (exact) mass is 247 g/mol. The zero-order valence-corrected chi connectivity index (χ0v) is 11.6. The van der Waals surface area contributed by atoms with E-state index >= 15 is 0 Å². The standard InChI is InChI=1S/C15H21NO2/c1-15(2,3)14(17)16-9-5-6-11-7-8-12(18-4)10-13(11)16/h7-8,10H,5-6,9H2,1-4H3. The van der Waals surface area contributed by atoms with Crippen molar-refractivity contribution in [3.8, 4) is 5.75 Å². The summed E-state index contributed by atoms with van der Waals surface area (Å²) in [5.74, 6) is 0.985. The summed E-state index contributed by atoms with van der Waals surface area (Å²) in [4.78, 5) is 14.4. The first kappa shape index (κ1) is 12.9. The molecule has 2 rings (SSSR count). The molecule has 0 aromatic heterocycles. The molecule has 0 spiro atoms. The summed E-state index contributed by atoms with van der Waals surface area (Å²) in [7, 11) is 1.65. The number of fused-ring (bicyclic) bond motifs is 1. The normalized spacial score (nSPS) is 15.2. The molecule has 0 aliphatic carbocycles. The Kier molecular flexibility index (Phi) is 3.33. The Hall–Kier alpha value is -1.51. The van der Waals surface area contributed by atoms with Gasteiger partial charge in [0.05, 0.1) is 12.8 Å². The number of methoxy groups -OCH3 is 1. The molecule has 0 N–H and O–H groups in total. The first-order valence-corrected chi connectivity index (χ1v) is 6.42. The predicted molar refractivity (Wildman–Crippen MR) is 73.1 cm³/mol. The smallest absolute Gasteiger partial charge is 0.232 e. The molecule has 1 aliphatic heterocycles. The van der Waals surface area contributed by atoms with E-state index in [4.69, 9.17) is 4.74 Å². The van der Waals surface area contributed by atoms with E-state index in [9.17, 15) is 4.79 Å². The molecular formula is C15H21NO2. The first-order valence-electron chi connectivity index (χ1n) is 6.42. The summed E-state index contributed by atoms with van der Waals surface area (Å²) in [6, 6.07) is 6.00. The number of hydrogen-bond donors (Lipinski definition) is 0. The number of nitrogens with zero attached hydrogens (tertiary/aromatic N) is 1. The van der Waals surface area contributed by atoms with E-state index in [1.165, 1.54) is 5.56 Å². The van der Waals surface area contributed by atoms with Gasteiger partial charge in [0.1, 0.15) is 5.75 Å². The topological polar surface area (TPSA) is 29.5 Å². The van der Waals surface area contributed by atoms with Gasteiger partial charge in [-0.05, 0) is 24.5 Å². The second-order valence-corrected chi connectivity index (χ2v) is 5.80. The number of rotatable bonds is 1. The molecule has 3 heteroatoms. The minimum absolute atomic E-state index is 0.178. The van der Waals surface area contributed by atoms with Gasteiger partial charge < -0.3 is 9.64 Å². The lowest BCUT2D eigenvalue weighted by Crippen LogP contribution is -2.42. The zero-order valence-electron chi connectivity index (χ0n) is 11.6. The van der Waals surface area contributed by atoms with Crippen molar-refractivity contribution in [3.63, 3.8) is 0 Å². The maximum Gasteiger partial charge on any atom is 0.232 e. The predicted octanol–water partition coefficient (Wildman–Crippen LogP) is 3.02. The van der Waals surface area contributed by atoms with Crippen LogP contribution in [0.25, 0.3) is 0 Å². The lowest BCUT2D eigenvalue weighted by Gasteiger charge is -2.34. The van der Waals surface area contributed by atoms with Gasteiger partial charge in [0.25, 0.3) is 0 Å². The third-order valence-corrected chi connectivity index (χ3v) is 3.30. The summed E-state index contributed by atoms with van der Waals surface area (Å²) in [5.41, 5.74) is 1.90. The Balaban J connectivity index is 2.40. The highest BCUT2D eigenvalue weighted by atomic mass is 16.5. The van der Waals surface area contributed by atoms with Gasteiger partial charge in [0.15, 0.2) is 0 Å². The van der Waals surface area contributed by atoms with Crippen LogP contribution >= 0.6 is 0 Å². The van der Waals surface area contributed by atoms with Crippen LogP contribution in [0.1, 0.15) is 32.8 Å². The van der Waals surface area contributed by atoms with Gasteiger partial charge in [0.2, 0.25) is 5.91 Å². The molecule has 1 aliphatic rings. The quantitative estimate of drug-likeness (QED) is 0.763. The average Bonchev–Trinajstić information content (AvgIpc) is 2.35. The van der Waals surface area contributed by atoms with Crippen molar-refractivity contribution in [2.24, 2.45) is 5.41 Å². The SMILES string of the molecule is COc1ccc2c(c1)N(C(=O)C(C)(C)C)CCC2. The van der Waals surface area contributed by atoms with Crippen molar-refractivity contribution < 1.29 is 9.53 Å². The molecule has 3 nitrogen and oxygen atoms in total. The first-order chi connectivity index (χ1) is 8.43. The fraction of sp³-hybridized carbons (Fsp3) is 0.533. The van der Waals surface area contributed by atoms with Crippen LogP contribution in [-0.4, -0.2) is 19.6 Å². The summed E-state index contributed by atoms with van der Waals surface area (Å²) >= 11 is 0. The van der Waals surface area contributed by atoms with Crippen LogP contribution in [0.15, 0.2) is 18.2 Å². The fourth-order valence-corrected chi connectivity index (χ4v) is 2.30. The van der Waals surface area contributed by atoms with Crippen LogP contribution in [0.5, 0.6) is 5.75 Å². The molecular weight excluding hydrogens is 226 g/mol. The van der Waals surface area contributed by atoms with Crippen molar-refractivity contribution in [3.05, 3.63) is 23.8 Å². The lowest BCUT2D eigenvalue weighted by atomic mass is 9.92. The highest BCUT2D eigenvalue weighted by molar-refractivity contribution is 5.98. The maximum absolute atomic E-state index is 12.5. The van der Waals surface area contributed by atoms with Crippen molar-refractivity contribution in [2.45, 2.75) is 33.6 Å². The molecule has 1 aromatic carbocycles. The van der Waals surface area contributed by atoms with E-state index in [1.807, 2.05) is 37.8 Å². The van der Waals surface area contributed by atoms with Gasteiger partial charge in [-0.3, -0.25) is 4.79 Å². The van der Waals surface area contributed by atoms with Crippen molar-refractivity contribution >= 4 is 11.6 Å². The van der Waals surface area contributed by atoms with E-state index in [0.29, 0.717) is 0 Å². The minimum Gasteiger partial charge on any atom is -0.497 e. The van der Waals surface area contributed by atoms with E-state index < -0.39 is 0 Å². The number of anilines is 1. The molecule has 98 valence electrons. The Morgan fingerprint density at radius 1 is 1.33 bits per heavy atom. The molecule has 0 fully saturated rings. The van der Waals surface area contributed by atoms with Gasteiger partial charge in [-0.2, -0.15) is 0 Å². The van der Waals surface area contributed by atoms with Crippen molar-refractivity contribution in [1.29, 1.82) is 0 Å². The third-order valence-electron chi connectivity index (χ3n) is 3.30. The molecule has 0 atom stereocenters. The lowest BCUT2D eigenvalue weighted by molar-refractivity contribution is -0.125. The summed E-state index contributed by atoms with van der Waals surface area (Å²) in [6.07, 6.45) is 2.06. The van der Waals surface area contributed by atoms with Gasteiger partial charge >= 0.3 is 0 Å². The van der Waals surface area contributed by atoms with Gasteiger partial charge in [-0.25, -0.2) is 0 Å². The van der Waals surface area contributed by atoms with Crippen LogP contribution in [0.3, 0.4) is 0 Å². The Labute approximate surface area is 109 Å². The van der Waals surface area contributed by atoms with Crippen LogP contribution in [-0.2, 0) is 11.2 Å². The Morgan fingerprint density at radius 3 is 2.67 bits per heavy atom. The highest BCUT2D eigenvalue weighted by Crippen LogP contribution is 2.33. The zero-order chi connectivity index (χ0) is 13.3. The molecule has 0 bridgehead atoms. The van der Waals surface area contributed by atoms with E-state index in [1.54, 1.807) is 7.11 Å².